The van der Waals surface area contributed by atoms with Crippen LogP contribution in [0.3, 0.4) is 0 Å². The Morgan fingerprint density at radius 1 is 1.38 bits per heavy atom. The van der Waals surface area contributed by atoms with Crippen molar-refractivity contribution in [2.75, 3.05) is 26.2 Å². The van der Waals surface area contributed by atoms with Crippen LogP contribution >= 0.6 is 0 Å². The fraction of sp³-hybridized carbons (Fsp3) is 0.615. The van der Waals surface area contributed by atoms with Gasteiger partial charge >= 0.3 is 0 Å². The zero-order chi connectivity index (χ0) is 11.0. The van der Waals surface area contributed by atoms with Gasteiger partial charge in [-0.1, -0.05) is 6.07 Å². The average molecular weight is 217 g/mol. The molecule has 3 nitrogen and oxygen atoms in total. The van der Waals surface area contributed by atoms with Gasteiger partial charge in [-0.2, -0.15) is 0 Å². The topological polar surface area (TPSA) is 28.2 Å². The quantitative estimate of drug-likeness (QED) is 0.809. The Labute approximate surface area is 96.9 Å². The molecule has 0 saturated carbocycles. The molecule has 2 aliphatic rings. The zero-order valence-corrected chi connectivity index (χ0v) is 9.76. The van der Waals surface area contributed by atoms with Crippen LogP contribution in [0, 0.1) is 11.8 Å². The predicted molar refractivity (Wildman–Crippen MR) is 64.1 cm³/mol. The van der Waals surface area contributed by atoms with E-state index in [1.54, 1.807) is 0 Å². The molecule has 3 heterocycles. The number of pyridine rings is 1. The summed E-state index contributed by atoms with van der Waals surface area (Å²) in [4.78, 5) is 6.81. The molecule has 0 aliphatic carbocycles. The van der Waals surface area contributed by atoms with Crippen LogP contribution in [0.15, 0.2) is 24.5 Å². The smallest absolute Gasteiger partial charge is 0.0335 e. The van der Waals surface area contributed by atoms with Gasteiger partial charge in [-0.05, 0) is 43.5 Å². The van der Waals surface area contributed by atoms with E-state index in [0.29, 0.717) is 6.04 Å². The first-order valence-corrected chi connectivity index (χ1v) is 6.19. The molecule has 3 atom stereocenters. The van der Waals surface area contributed by atoms with Gasteiger partial charge in [0.15, 0.2) is 0 Å². The van der Waals surface area contributed by atoms with Crippen LogP contribution in [-0.4, -0.2) is 36.1 Å². The molecular formula is C13H19N3. The summed E-state index contributed by atoms with van der Waals surface area (Å²) in [6.07, 6.45) is 3.84. The summed E-state index contributed by atoms with van der Waals surface area (Å²) in [5.74, 6) is 1.75. The van der Waals surface area contributed by atoms with Gasteiger partial charge in [0.25, 0.3) is 0 Å². The summed E-state index contributed by atoms with van der Waals surface area (Å²) in [7, 11) is 0. The Bertz CT molecular complexity index is 339. The maximum Gasteiger partial charge on any atom is 0.0335 e. The minimum atomic E-state index is 0.513. The summed E-state index contributed by atoms with van der Waals surface area (Å²) >= 11 is 0. The lowest BCUT2D eigenvalue weighted by Crippen LogP contribution is -2.28. The standard InChI is InChI=1S/C13H19N3/c1-10(11-3-2-4-14-5-11)16-8-12-6-15-7-13(12)9-16/h2-5,10,12-13,15H,6-9H2,1H3. The number of nitrogens with one attached hydrogen (secondary N) is 1. The third-order valence-electron chi connectivity index (χ3n) is 4.13. The molecule has 1 aromatic heterocycles. The molecule has 3 rings (SSSR count). The van der Waals surface area contributed by atoms with Gasteiger partial charge in [0.1, 0.15) is 0 Å². The third-order valence-corrected chi connectivity index (χ3v) is 4.13. The highest BCUT2D eigenvalue weighted by Gasteiger charge is 2.37. The van der Waals surface area contributed by atoms with Crippen LogP contribution in [-0.2, 0) is 0 Å². The van der Waals surface area contributed by atoms with E-state index in [0.717, 1.165) is 11.8 Å². The Morgan fingerprint density at radius 2 is 2.12 bits per heavy atom. The molecule has 0 bridgehead atoms. The number of likely N-dealkylation sites (tertiary alicyclic amines) is 1. The molecule has 3 unspecified atom stereocenters. The summed E-state index contributed by atoms with van der Waals surface area (Å²) in [5.41, 5.74) is 1.34. The van der Waals surface area contributed by atoms with Crippen molar-refractivity contribution in [1.82, 2.24) is 15.2 Å². The number of nitrogens with zero attached hydrogens (tertiary/aromatic N) is 2. The molecule has 0 radical (unpaired) electrons. The monoisotopic (exact) mass is 217 g/mol. The highest BCUT2D eigenvalue weighted by atomic mass is 15.2. The highest BCUT2D eigenvalue weighted by molar-refractivity contribution is 5.14. The van der Waals surface area contributed by atoms with Crippen LogP contribution in [0.2, 0.25) is 0 Å². The minimum absolute atomic E-state index is 0.513. The molecule has 0 amide bonds. The van der Waals surface area contributed by atoms with E-state index in [9.17, 15) is 0 Å². The van der Waals surface area contributed by atoms with Gasteiger partial charge in [-0.25, -0.2) is 0 Å². The van der Waals surface area contributed by atoms with Crippen molar-refractivity contribution < 1.29 is 0 Å². The fourth-order valence-electron chi connectivity index (χ4n) is 3.04. The second-order valence-electron chi connectivity index (χ2n) is 5.09. The predicted octanol–water partition coefficient (Wildman–Crippen LogP) is 1.29. The molecule has 0 spiro atoms. The number of rotatable bonds is 2. The van der Waals surface area contributed by atoms with Gasteiger partial charge in [-0.3, -0.25) is 9.88 Å². The Hall–Kier alpha value is -0.930. The SMILES string of the molecule is CC(c1cccnc1)N1CC2CNCC2C1. The fourth-order valence-corrected chi connectivity index (χ4v) is 3.04. The molecule has 3 heteroatoms. The zero-order valence-electron chi connectivity index (χ0n) is 9.76. The largest absolute Gasteiger partial charge is 0.316 e. The molecule has 2 aliphatic heterocycles. The summed E-state index contributed by atoms with van der Waals surface area (Å²) < 4.78 is 0. The number of hydrogen-bond donors (Lipinski definition) is 1. The first-order chi connectivity index (χ1) is 7.84. The van der Waals surface area contributed by atoms with E-state index < -0.39 is 0 Å². The van der Waals surface area contributed by atoms with E-state index >= 15 is 0 Å². The molecule has 2 saturated heterocycles. The third kappa shape index (κ3) is 1.74. The molecule has 2 fully saturated rings. The van der Waals surface area contributed by atoms with E-state index in [4.69, 9.17) is 0 Å². The molecular weight excluding hydrogens is 198 g/mol. The summed E-state index contributed by atoms with van der Waals surface area (Å²) in [6.45, 7) is 7.20. The van der Waals surface area contributed by atoms with E-state index in [-0.39, 0.29) is 0 Å². The van der Waals surface area contributed by atoms with Crippen LogP contribution in [0.5, 0.6) is 0 Å². The van der Waals surface area contributed by atoms with Gasteiger partial charge in [0.05, 0.1) is 0 Å². The minimum Gasteiger partial charge on any atom is -0.316 e. The van der Waals surface area contributed by atoms with Gasteiger partial charge in [0, 0.05) is 31.5 Å². The van der Waals surface area contributed by atoms with Crippen LogP contribution < -0.4 is 5.32 Å². The molecule has 86 valence electrons. The van der Waals surface area contributed by atoms with Crippen molar-refractivity contribution in [3.05, 3.63) is 30.1 Å². The average Bonchev–Trinajstić information content (AvgIpc) is 2.89. The first-order valence-electron chi connectivity index (χ1n) is 6.19. The highest BCUT2D eigenvalue weighted by Crippen LogP contribution is 2.32. The van der Waals surface area contributed by atoms with Crippen molar-refractivity contribution in [3.63, 3.8) is 0 Å². The van der Waals surface area contributed by atoms with Gasteiger partial charge in [0.2, 0.25) is 0 Å². The van der Waals surface area contributed by atoms with Crippen LogP contribution in [0.25, 0.3) is 0 Å². The Morgan fingerprint density at radius 3 is 2.75 bits per heavy atom. The van der Waals surface area contributed by atoms with Crippen LogP contribution in [0.1, 0.15) is 18.5 Å². The van der Waals surface area contributed by atoms with Gasteiger partial charge in [-0.15, -0.1) is 0 Å². The van der Waals surface area contributed by atoms with Crippen molar-refractivity contribution in [1.29, 1.82) is 0 Å². The van der Waals surface area contributed by atoms with Crippen molar-refractivity contribution in [2.45, 2.75) is 13.0 Å². The second-order valence-corrected chi connectivity index (χ2v) is 5.09. The van der Waals surface area contributed by atoms with Gasteiger partial charge < -0.3 is 5.32 Å². The maximum absolute atomic E-state index is 4.21. The Balaban J connectivity index is 1.71. The number of aromatic nitrogens is 1. The van der Waals surface area contributed by atoms with E-state index in [1.807, 2.05) is 18.5 Å². The second kappa shape index (κ2) is 4.15. The number of fused-ring (bicyclic) bond motifs is 1. The van der Waals surface area contributed by atoms with Crippen molar-refractivity contribution in [3.8, 4) is 0 Å². The normalized spacial score (nSPS) is 31.6. The molecule has 1 aromatic rings. The molecule has 16 heavy (non-hydrogen) atoms. The molecule has 1 N–H and O–H groups in total. The summed E-state index contributed by atoms with van der Waals surface area (Å²) in [6, 6.07) is 4.73. The Kier molecular flexibility index (Phi) is 2.65. The van der Waals surface area contributed by atoms with Crippen molar-refractivity contribution in [2.24, 2.45) is 11.8 Å². The maximum atomic E-state index is 4.21. The summed E-state index contributed by atoms with van der Waals surface area (Å²) in [5, 5.41) is 3.48. The van der Waals surface area contributed by atoms with E-state index in [1.165, 1.54) is 31.7 Å². The first kappa shape index (κ1) is 10.2. The lowest BCUT2D eigenvalue weighted by molar-refractivity contribution is 0.243. The lowest BCUT2D eigenvalue weighted by Gasteiger charge is -2.25. The number of hydrogen-bond acceptors (Lipinski definition) is 3. The lowest BCUT2D eigenvalue weighted by atomic mass is 10.0. The van der Waals surface area contributed by atoms with Crippen molar-refractivity contribution >= 4 is 0 Å². The van der Waals surface area contributed by atoms with E-state index in [2.05, 4.69) is 28.2 Å². The van der Waals surface area contributed by atoms with Crippen LogP contribution in [0.4, 0.5) is 0 Å². The molecule has 0 aromatic carbocycles.